The smallest absolute Gasteiger partial charge is 0.253 e. The third-order valence-electron chi connectivity index (χ3n) is 2.69. The first-order chi connectivity index (χ1) is 9.08. The summed E-state index contributed by atoms with van der Waals surface area (Å²) < 4.78 is 4.97. The van der Waals surface area contributed by atoms with Crippen LogP contribution in [0.4, 0.5) is 5.69 Å². The molecule has 0 saturated carbocycles. The van der Waals surface area contributed by atoms with E-state index in [1.807, 2.05) is 25.1 Å². The molecule has 0 heterocycles. The van der Waals surface area contributed by atoms with Gasteiger partial charge >= 0.3 is 0 Å². The van der Waals surface area contributed by atoms with E-state index >= 15 is 0 Å². The molecule has 0 fully saturated rings. The summed E-state index contributed by atoms with van der Waals surface area (Å²) >= 11 is 0. The van der Waals surface area contributed by atoms with Gasteiger partial charge in [-0.15, -0.1) is 0 Å². The first kappa shape index (κ1) is 15.2. The Balaban J connectivity index is 2.86. The molecular weight excluding hydrogens is 242 g/mol. The Bertz CT molecular complexity index is 500. The van der Waals surface area contributed by atoms with Gasteiger partial charge in [0, 0.05) is 24.8 Å². The molecule has 1 aromatic carbocycles. The number of aliphatic hydroxyl groups excluding tert-OH is 1. The largest absolute Gasteiger partial charge is 0.395 e. The number of nitrogens with one attached hydrogen (secondary N) is 1. The summed E-state index contributed by atoms with van der Waals surface area (Å²) in [5.41, 5.74) is 2.49. The number of rotatable bonds is 4. The summed E-state index contributed by atoms with van der Waals surface area (Å²) in [6.07, 6.45) is -0.0560. The molecule has 0 aliphatic rings. The normalized spacial score (nSPS) is 11.4. The number of ether oxygens (including phenoxy) is 1. The Hall–Kier alpha value is -1.83. The molecule has 1 unspecified atom stereocenters. The van der Waals surface area contributed by atoms with E-state index in [-0.39, 0.29) is 12.5 Å². The van der Waals surface area contributed by atoms with Gasteiger partial charge in [-0.25, -0.2) is 0 Å². The second-order valence-corrected chi connectivity index (χ2v) is 4.17. The van der Waals surface area contributed by atoms with Crippen molar-refractivity contribution >= 4 is 11.6 Å². The molecule has 1 rings (SSSR count). The van der Waals surface area contributed by atoms with E-state index in [4.69, 9.17) is 9.84 Å². The summed E-state index contributed by atoms with van der Waals surface area (Å²) in [5.74, 6) is 5.60. The van der Waals surface area contributed by atoms with Crippen LogP contribution in [0.5, 0.6) is 0 Å². The molecule has 1 aromatic rings. The molecule has 4 nitrogen and oxygen atoms in total. The Kier molecular flexibility index (Phi) is 6.07. The highest BCUT2D eigenvalue weighted by atomic mass is 16.5. The highest BCUT2D eigenvalue weighted by Gasteiger charge is 2.12. The van der Waals surface area contributed by atoms with E-state index in [0.717, 1.165) is 16.8 Å². The third kappa shape index (κ3) is 4.74. The van der Waals surface area contributed by atoms with E-state index in [1.54, 1.807) is 6.92 Å². The number of hydrogen-bond donors (Lipinski definition) is 2. The molecule has 0 saturated heterocycles. The van der Waals surface area contributed by atoms with Gasteiger partial charge in [-0.1, -0.05) is 17.9 Å². The van der Waals surface area contributed by atoms with Crippen LogP contribution in [0.25, 0.3) is 0 Å². The lowest BCUT2D eigenvalue weighted by molar-refractivity contribution is -0.124. The van der Waals surface area contributed by atoms with Crippen molar-refractivity contribution in [1.82, 2.24) is 0 Å². The minimum atomic E-state index is -0.497. The second-order valence-electron chi connectivity index (χ2n) is 4.17. The van der Waals surface area contributed by atoms with E-state index in [9.17, 15) is 4.79 Å². The number of carbonyl (C=O) groups is 1. The van der Waals surface area contributed by atoms with Gasteiger partial charge in [0.05, 0.1) is 6.61 Å². The van der Waals surface area contributed by atoms with Crippen molar-refractivity contribution in [2.24, 2.45) is 0 Å². The molecule has 19 heavy (non-hydrogen) atoms. The maximum absolute atomic E-state index is 11.8. The monoisotopic (exact) mass is 261 g/mol. The lowest BCUT2D eigenvalue weighted by Gasteiger charge is -2.12. The number of benzene rings is 1. The minimum absolute atomic E-state index is 0.0494. The zero-order chi connectivity index (χ0) is 14.3. The van der Waals surface area contributed by atoms with Crippen LogP contribution in [0.1, 0.15) is 24.5 Å². The number of amides is 1. The van der Waals surface area contributed by atoms with Crippen molar-refractivity contribution < 1.29 is 14.6 Å². The summed E-state index contributed by atoms with van der Waals surface area (Å²) in [7, 11) is 1.49. The van der Waals surface area contributed by atoms with Gasteiger partial charge in [0.25, 0.3) is 5.91 Å². The molecule has 1 atom stereocenters. The van der Waals surface area contributed by atoms with Crippen LogP contribution in [0.3, 0.4) is 0 Å². The maximum Gasteiger partial charge on any atom is 0.253 e. The predicted molar refractivity (Wildman–Crippen MR) is 74.9 cm³/mol. The molecular formula is C15H19NO3. The summed E-state index contributed by atoms with van der Waals surface area (Å²) in [6, 6.07) is 5.60. The number of methoxy groups -OCH3 is 1. The van der Waals surface area contributed by atoms with Crippen molar-refractivity contribution in [1.29, 1.82) is 0 Å². The van der Waals surface area contributed by atoms with Crippen LogP contribution < -0.4 is 5.32 Å². The highest BCUT2D eigenvalue weighted by Crippen LogP contribution is 2.17. The van der Waals surface area contributed by atoms with Crippen molar-refractivity contribution in [3.05, 3.63) is 29.3 Å². The minimum Gasteiger partial charge on any atom is -0.395 e. The standard InChI is InChI=1S/C15H19NO3/c1-11-7-8-13(6-4-5-9-17)10-14(11)16-15(18)12(2)19-3/h7-8,10,12,17H,5,9H2,1-3H3,(H,16,18). The average Bonchev–Trinajstić information content (AvgIpc) is 2.41. The van der Waals surface area contributed by atoms with Crippen LogP contribution in [0.2, 0.25) is 0 Å². The zero-order valence-electron chi connectivity index (χ0n) is 11.5. The quantitative estimate of drug-likeness (QED) is 0.811. The first-order valence-electron chi connectivity index (χ1n) is 6.12. The van der Waals surface area contributed by atoms with Gasteiger partial charge in [0.1, 0.15) is 6.10 Å². The van der Waals surface area contributed by atoms with Crippen molar-refractivity contribution in [3.63, 3.8) is 0 Å². The van der Waals surface area contributed by atoms with E-state index in [1.165, 1.54) is 7.11 Å². The fourth-order valence-corrected chi connectivity index (χ4v) is 1.40. The van der Waals surface area contributed by atoms with Gasteiger partial charge in [0.15, 0.2) is 0 Å². The van der Waals surface area contributed by atoms with Gasteiger partial charge in [0.2, 0.25) is 0 Å². The van der Waals surface area contributed by atoms with Gasteiger partial charge < -0.3 is 15.2 Å². The molecule has 0 spiro atoms. The molecule has 0 aliphatic heterocycles. The van der Waals surface area contributed by atoms with Gasteiger partial charge in [-0.2, -0.15) is 0 Å². The number of aryl methyl sites for hydroxylation is 1. The topological polar surface area (TPSA) is 58.6 Å². The Morgan fingerprint density at radius 2 is 2.26 bits per heavy atom. The molecule has 2 N–H and O–H groups in total. The lowest BCUT2D eigenvalue weighted by atomic mass is 10.1. The maximum atomic E-state index is 11.8. The van der Waals surface area contributed by atoms with Crippen LogP contribution in [-0.2, 0) is 9.53 Å². The predicted octanol–water partition coefficient (Wildman–Crippen LogP) is 1.70. The molecule has 0 aromatic heterocycles. The summed E-state index contributed by atoms with van der Waals surface area (Å²) in [5, 5.41) is 11.5. The third-order valence-corrected chi connectivity index (χ3v) is 2.69. The van der Waals surface area contributed by atoms with Crippen LogP contribution >= 0.6 is 0 Å². The lowest BCUT2D eigenvalue weighted by Crippen LogP contribution is -2.26. The van der Waals surface area contributed by atoms with Gasteiger partial charge in [-0.3, -0.25) is 4.79 Å². The fourth-order valence-electron chi connectivity index (χ4n) is 1.40. The number of carbonyl (C=O) groups excluding carboxylic acids is 1. The second kappa shape index (κ2) is 7.57. The molecule has 102 valence electrons. The zero-order valence-corrected chi connectivity index (χ0v) is 11.5. The Morgan fingerprint density at radius 1 is 1.53 bits per heavy atom. The molecule has 0 bridgehead atoms. The molecule has 1 amide bonds. The SMILES string of the molecule is COC(C)C(=O)Nc1cc(C#CCCO)ccc1C. The average molecular weight is 261 g/mol. The Morgan fingerprint density at radius 3 is 2.89 bits per heavy atom. The highest BCUT2D eigenvalue weighted by molar-refractivity contribution is 5.94. The summed E-state index contributed by atoms with van der Waals surface area (Å²) in [4.78, 5) is 11.8. The van der Waals surface area contributed by atoms with Crippen LogP contribution in [0.15, 0.2) is 18.2 Å². The van der Waals surface area contributed by atoms with Crippen LogP contribution in [0, 0.1) is 18.8 Å². The van der Waals surface area contributed by atoms with Crippen molar-refractivity contribution in [2.45, 2.75) is 26.4 Å². The van der Waals surface area contributed by atoms with Gasteiger partial charge in [-0.05, 0) is 31.5 Å². The number of anilines is 1. The van der Waals surface area contributed by atoms with E-state index in [0.29, 0.717) is 6.42 Å². The first-order valence-corrected chi connectivity index (χ1v) is 6.12. The molecule has 0 radical (unpaired) electrons. The van der Waals surface area contributed by atoms with Crippen molar-refractivity contribution in [3.8, 4) is 11.8 Å². The summed E-state index contributed by atoms with van der Waals surface area (Å²) in [6.45, 7) is 3.65. The number of aliphatic hydroxyl groups is 1. The van der Waals surface area contributed by atoms with Crippen LogP contribution in [-0.4, -0.2) is 30.8 Å². The van der Waals surface area contributed by atoms with E-state index < -0.39 is 6.10 Å². The molecule has 0 aliphatic carbocycles. The molecule has 4 heteroatoms. The van der Waals surface area contributed by atoms with Crippen molar-refractivity contribution in [2.75, 3.05) is 19.0 Å². The number of hydrogen-bond acceptors (Lipinski definition) is 3. The Labute approximate surface area is 113 Å². The van der Waals surface area contributed by atoms with E-state index in [2.05, 4.69) is 17.2 Å². The fraction of sp³-hybridized carbons (Fsp3) is 0.400.